The second kappa shape index (κ2) is 5.95. The molecule has 0 saturated carbocycles. The van der Waals surface area contributed by atoms with Gasteiger partial charge in [0, 0.05) is 19.1 Å². The molecule has 1 fully saturated rings. The van der Waals surface area contributed by atoms with Gasteiger partial charge >= 0.3 is 0 Å². The zero-order valence-corrected chi connectivity index (χ0v) is 10.8. The molecule has 1 heterocycles. The third-order valence-electron chi connectivity index (χ3n) is 3.00. The lowest BCUT2D eigenvalue weighted by Gasteiger charge is -2.20. The van der Waals surface area contributed by atoms with Gasteiger partial charge in [-0.3, -0.25) is 0 Å². The van der Waals surface area contributed by atoms with Crippen LogP contribution in [0.15, 0.2) is 0 Å². The number of nitrogens with one attached hydrogen (secondary N) is 1. The molecule has 2 N–H and O–H groups in total. The minimum atomic E-state index is -3.28. The van der Waals surface area contributed by atoms with E-state index in [-0.39, 0.29) is 12.4 Å². The van der Waals surface area contributed by atoms with Gasteiger partial charge in [0.1, 0.15) is 0 Å². The SMILES string of the molecule is CC(C)N1CCC(CNS(=O)(=O)CCO)C1. The Morgan fingerprint density at radius 3 is 2.69 bits per heavy atom. The smallest absolute Gasteiger partial charge is 0.213 e. The molecule has 16 heavy (non-hydrogen) atoms. The van der Waals surface area contributed by atoms with Crippen LogP contribution < -0.4 is 4.72 Å². The Bertz CT molecular complexity index is 303. The Hall–Kier alpha value is -0.170. The largest absolute Gasteiger partial charge is 0.395 e. The first-order chi connectivity index (χ1) is 7.44. The van der Waals surface area contributed by atoms with E-state index < -0.39 is 10.0 Å². The van der Waals surface area contributed by atoms with E-state index in [0.29, 0.717) is 18.5 Å². The summed E-state index contributed by atoms with van der Waals surface area (Å²) in [7, 11) is -3.28. The highest BCUT2D eigenvalue weighted by atomic mass is 32.2. The van der Waals surface area contributed by atoms with Gasteiger partial charge in [0.25, 0.3) is 0 Å². The molecule has 0 aromatic carbocycles. The molecule has 0 aromatic rings. The van der Waals surface area contributed by atoms with Crippen molar-refractivity contribution in [2.75, 3.05) is 32.0 Å². The van der Waals surface area contributed by atoms with Crippen LogP contribution in [0.5, 0.6) is 0 Å². The van der Waals surface area contributed by atoms with Crippen molar-refractivity contribution in [3.05, 3.63) is 0 Å². The summed E-state index contributed by atoms with van der Waals surface area (Å²) in [5, 5.41) is 8.58. The Balaban J connectivity index is 2.30. The monoisotopic (exact) mass is 250 g/mol. The summed E-state index contributed by atoms with van der Waals surface area (Å²) >= 11 is 0. The maximum Gasteiger partial charge on any atom is 0.213 e. The minimum absolute atomic E-state index is 0.201. The maximum atomic E-state index is 11.3. The third-order valence-corrected chi connectivity index (χ3v) is 4.33. The summed E-state index contributed by atoms with van der Waals surface area (Å²) in [4.78, 5) is 2.35. The molecule has 0 aromatic heterocycles. The van der Waals surface area contributed by atoms with E-state index in [1.807, 2.05) is 0 Å². The molecule has 0 bridgehead atoms. The molecular weight excluding hydrogens is 228 g/mol. The van der Waals surface area contributed by atoms with Gasteiger partial charge in [0.2, 0.25) is 10.0 Å². The van der Waals surface area contributed by atoms with E-state index >= 15 is 0 Å². The van der Waals surface area contributed by atoms with E-state index in [0.717, 1.165) is 19.5 Å². The van der Waals surface area contributed by atoms with Gasteiger partial charge in [0.15, 0.2) is 0 Å². The van der Waals surface area contributed by atoms with Gasteiger partial charge in [-0.15, -0.1) is 0 Å². The summed E-state index contributed by atoms with van der Waals surface area (Å²) in [6.45, 7) is 6.48. The van der Waals surface area contributed by atoms with Crippen LogP contribution in [-0.4, -0.2) is 56.5 Å². The lowest BCUT2D eigenvalue weighted by molar-refractivity contribution is 0.265. The van der Waals surface area contributed by atoms with Gasteiger partial charge in [0.05, 0.1) is 12.4 Å². The highest BCUT2D eigenvalue weighted by Gasteiger charge is 2.25. The molecular formula is C10H22N2O3S. The molecule has 1 unspecified atom stereocenters. The number of aliphatic hydroxyl groups is 1. The van der Waals surface area contributed by atoms with Crippen LogP contribution in [0, 0.1) is 5.92 Å². The molecule has 1 saturated heterocycles. The molecule has 5 nitrogen and oxygen atoms in total. The van der Waals surface area contributed by atoms with Crippen molar-refractivity contribution < 1.29 is 13.5 Å². The van der Waals surface area contributed by atoms with Crippen molar-refractivity contribution in [2.24, 2.45) is 5.92 Å². The maximum absolute atomic E-state index is 11.3. The fourth-order valence-corrected chi connectivity index (χ4v) is 2.81. The van der Waals surface area contributed by atoms with Crippen molar-refractivity contribution >= 4 is 10.0 Å². The first kappa shape index (κ1) is 13.9. The van der Waals surface area contributed by atoms with E-state index in [1.165, 1.54) is 0 Å². The zero-order valence-electron chi connectivity index (χ0n) is 10.0. The summed E-state index contributed by atoms with van der Waals surface area (Å²) in [5.41, 5.74) is 0. The van der Waals surface area contributed by atoms with Crippen LogP contribution >= 0.6 is 0 Å². The Morgan fingerprint density at radius 1 is 1.50 bits per heavy atom. The van der Waals surface area contributed by atoms with Gasteiger partial charge in [-0.1, -0.05) is 0 Å². The molecule has 0 aliphatic carbocycles. The van der Waals surface area contributed by atoms with Crippen molar-refractivity contribution in [2.45, 2.75) is 26.3 Å². The molecule has 0 amide bonds. The van der Waals surface area contributed by atoms with Gasteiger partial charge in [-0.25, -0.2) is 13.1 Å². The van der Waals surface area contributed by atoms with Crippen LogP contribution in [0.3, 0.4) is 0 Å². The van der Waals surface area contributed by atoms with Crippen LogP contribution in [0.2, 0.25) is 0 Å². The first-order valence-electron chi connectivity index (χ1n) is 5.77. The molecule has 1 rings (SSSR count). The van der Waals surface area contributed by atoms with E-state index in [1.54, 1.807) is 0 Å². The Labute approximate surface area is 97.9 Å². The quantitative estimate of drug-likeness (QED) is 0.675. The topological polar surface area (TPSA) is 69.6 Å². The molecule has 0 spiro atoms. The van der Waals surface area contributed by atoms with Crippen LogP contribution in [0.25, 0.3) is 0 Å². The number of sulfonamides is 1. The number of nitrogens with zero attached hydrogens (tertiary/aromatic N) is 1. The Kier molecular flexibility index (Phi) is 5.17. The predicted octanol–water partition coefficient (Wildman–Crippen LogP) is -0.372. The van der Waals surface area contributed by atoms with E-state index in [4.69, 9.17) is 5.11 Å². The summed E-state index contributed by atoms with van der Waals surface area (Å²) in [6.07, 6.45) is 1.04. The van der Waals surface area contributed by atoms with Crippen molar-refractivity contribution in [3.8, 4) is 0 Å². The zero-order chi connectivity index (χ0) is 12.2. The lowest BCUT2D eigenvalue weighted by atomic mass is 10.1. The fourth-order valence-electron chi connectivity index (χ4n) is 1.94. The van der Waals surface area contributed by atoms with Crippen LogP contribution in [0.4, 0.5) is 0 Å². The van der Waals surface area contributed by atoms with Crippen molar-refractivity contribution in [1.82, 2.24) is 9.62 Å². The highest BCUT2D eigenvalue weighted by molar-refractivity contribution is 7.89. The Morgan fingerprint density at radius 2 is 2.19 bits per heavy atom. The average molecular weight is 250 g/mol. The molecule has 6 heteroatoms. The number of likely N-dealkylation sites (tertiary alicyclic amines) is 1. The number of rotatable bonds is 6. The standard InChI is InChI=1S/C10H22N2O3S/c1-9(2)12-4-3-10(8-12)7-11-16(14,15)6-5-13/h9-11,13H,3-8H2,1-2H3. The van der Waals surface area contributed by atoms with Crippen molar-refractivity contribution in [3.63, 3.8) is 0 Å². The molecule has 1 atom stereocenters. The number of hydrogen-bond acceptors (Lipinski definition) is 4. The number of hydrogen-bond donors (Lipinski definition) is 2. The predicted molar refractivity (Wildman–Crippen MR) is 63.7 cm³/mol. The third kappa shape index (κ3) is 4.37. The average Bonchev–Trinajstić information content (AvgIpc) is 2.63. The van der Waals surface area contributed by atoms with Crippen LogP contribution in [0.1, 0.15) is 20.3 Å². The van der Waals surface area contributed by atoms with E-state index in [2.05, 4.69) is 23.5 Å². The number of aliphatic hydroxyl groups excluding tert-OH is 1. The van der Waals surface area contributed by atoms with E-state index in [9.17, 15) is 8.42 Å². The summed E-state index contributed by atoms with van der Waals surface area (Å²) in [6, 6.07) is 0.527. The van der Waals surface area contributed by atoms with Crippen molar-refractivity contribution in [1.29, 1.82) is 0 Å². The lowest BCUT2D eigenvalue weighted by Crippen LogP contribution is -2.34. The molecule has 0 radical (unpaired) electrons. The van der Waals surface area contributed by atoms with Gasteiger partial charge in [-0.2, -0.15) is 0 Å². The molecule has 1 aliphatic rings. The highest BCUT2D eigenvalue weighted by Crippen LogP contribution is 2.17. The molecule has 96 valence electrons. The fraction of sp³-hybridized carbons (Fsp3) is 1.00. The summed E-state index contributed by atoms with van der Waals surface area (Å²) in [5.74, 6) is 0.198. The second-order valence-corrected chi connectivity index (χ2v) is 6.56. The molecule has 1 aliphatic heterocycles. The normalized spacial score (nSPS) is 23.1. The minimum Gasteiger partial charge on any atom is -0.395 e. The summed E-state index contributed by atoms with van der Waals surface area (Å²) < 4.78 is 25.2. The first-order valence-corrected chi connectivity index (χ1v) is 7.42. The second-order valence-electron chi connectivity index (χ2n) is 4.63. The van der Waals surface area contributed by atoms with Gasteiger partial charge in [-0.05, 0) is 32.7 Å². The van der Waals surface area contributed by atoms with Crippen LogP contribution in [-0.2, 0) is 10.0 Å². The van der Waals surface area contributed by atoms with Gasteiger partial charge < -0.3 is 10.0 Å².